The van der Waals surface area contributed by atoms with Crippen molar-refractivity contribution in [2.24, 2.45) is 0 Å². The Hall–Kier alpha value is -1.55. The molecule has 2 aromatic heterocycles. The third-order valence-electron chi connectivity index (χ3n) is 2.72. The Labute approximate surface area is 124 Å². The van der Waals surface area contributed by atoms with Crippen molar-refractivity contribution in [3.8, 4) is 0 Å². The third-order valence-corrected chi connectivity index (χ3v) is 2.72. The van der Waals surface area contributed by atoms with Gasteiger partial charge in [-0.25, -0.2) is 0 Å². The first-order valence-corrected chi connectivity index (χ1v) is 5.37. The lowest BCUT2D eigenvalue weighted by molar-refractivity contribution is 1.12. The fourth-order valence-electron chi connectivity index (χ4n) is 1.94. The topological polar surface area (TPSA) is 63.7 Å². The molecular formula is C14H17Cl2N3. The van der Waals surface area contributed by atoms with Crippen molar-refractivity contribution in [3.05, 3.63) is 66.1 Å². The number of rotatable bonds is 2. The largest absolute Gasteiger partial charge is 0.357 e. The average Bonchev–Trinajstić information content (AvgIpc) is 2.72. The van der Waals surface area contributed by atoms with Crippen LogP contribution in [0.25, 0.3) is 10.9 Å². The van der Waals surface area contributed by atoms with E-state index in [0.717, 1.165) is 11.9 Å². The van der Waals surface area contributed by atoms with Crippen LogP contribution in [0.5, 0.6) is 0 Å². The van der Waals surface area contributed by atoms with Crippen LogP contribution in [0.2, 0.25) is 0 Å². The number of hydrogen-bond acceptors (Lipinski definition) is 2. The second-order valence-electron chi connectivity index (χ2n) is 3.92. The predicted octanol–water partition coefficient (Wildman–Crippen LogP) is 4.16. The van der Waals surface area contributed by atoms with Gasteiger partial charge in [-0.2, -0.15) is 0 Å². The molecule has 0 aliphatic heterocycles. The molecule has 4 N–H and O–H groups in total. The van der Waals surface area contributed by atoms with Gasteiger partial charge < -0.3 is 11.1 Å². The fourth-order valence-corrected chi connectivity index (χ4v) is 1.94. The number of hydrogen-bond donors (Lipinski definition) is 2. The van der Waals surface area contributed by atoms with E-state index >= 15 is 0 Å². The van der Waals surface area contributed by atoms with Crippen LogP contribution < -0.4 is 6.15 Å². The van der Waals surface area contributed by atoms with Gasteiger partial charge in [0, 0.05) is 23.7 Å². The van der Waals surface area contributed by atoms with E-state index in [1.165, 1.54) is 16.6 Å². The fraction of sp³-hybridized carbons (Fsp3) is 0.0714. The van der Waals surface area contributed by atoms with E-state index in [0.29, 0.717) is 0 Å². The Bertz CT molecular complexity index is 575. The van der Waals surface area contributed by atoms with E-state index in [1.54, 1.807) is 0 Å². The van der Waals surface area contributed by atoms with Gasteiger partial charge in [0.15, 0.2) is 0 Å². The summed E-state index contributed by atoms with van der Waals surface area (Å²) in [6, 6.07) is 14.7. The van der Waals surface area contributed by atoms with E-state index in [1.807, 2.05) is 24.5 Å². The number of halogens is 2. The van der Waals surface area contributed by atoms with Crippen molar-refractivity contribution in [1.82, 2.24) is 16.1 Å². The molecule has 5 heteroatoms. The number of fused-ring (bicyclic) bond motifs is 1. The number of H-pyrrole nitrogens is 1. The molecule has 0 atom stereocenters. The summed E-state index contributed by atoms with van der Waals surface area (Å²) >= 11 is 0. The minimum atomic E-state index is 0. The van der Waals surface area contributed by atoms with Crippen molar-refractivity contribution in [3.63, 3.8) is 0 Å². The van der Waals surface area contributed by atoms with Gasteiger partial charge in [0.1, 0.15) is 0 Å². The molecule has 2 heterocycles. The molecule has 19 heavy (non-hydrogen) atoms. The van der Waals surface area contributed by atoms with Gasteiger partial charge in [0.05, 0.1) is 11.7 Å². The molecule has 0 spiro atoms. The van der Waals surface area contributed by atoms with Crippen LogP contribution in [-0.4, -0.2) is 9.97 Å². The van der Waals surface area contributed by atoms with Gasteiger partial charge in [0.2, 0.25) is 0 Å². The van der Waals surface area contributed by atoms with Crippen molar-refractivity contribution < 1.29 is 0 Å². The SMILES string of the molecule is Cl.Cl.N.c1ccc(Cc2cc3ccncc3[nH]2)cc1. The Morgan fingerprint density at radius 1 is 1.00 bits per heavy atom. The Morgan fingerprint density at radius 2 is 1.74 bits per heavy atom. The van der Waals surface area contributed by atoms with Gasteiger partial charge in [-0.05, 0) is 17.7 Å². The van der Waals surface area contributed by atoms with Crippen molar-refractivity contribution in [2.45, 2.75) is 6.42 Å². The lowest BCUT2D eigenvalue weighted by Gasteiger charge is -1.97. The molecule has 0 aliphatic carbocycles. The molecule has 0 saturated carbocycles. The highest BCUT2D eigenvalue weighted by Gasteiger charge is 2.00. The summed E-state index contributed by atoms with van der Waals surface area (Å²) in [5.74, 6) is 0. The number of nitrogens with one attached hydrogen (secondary N) is 1. The summed E-state index contributed by atoms with van der Waals surface area (Å²) in [5.41, 5.74) is 3.66. The van der Waals surface area contributed by atoms with E-state index < -0.39 is 0 Å². The zero-order chi connectivity index (χ0) is 10.8. The Morgan fingerprint density at radius 3 is 2.42 bits per heavy atom. The highest BCUT2D eigenvalue weighted by atomic mass is 35.5. The Kier molecular flexibility index (Phi) is 7.16. The van der Waals surface area contributed by atoms with Gasteiger partial charge >= 0.3 is 0 Å². The number of pyridine rings is 1. The summed E-state index contributed by atoms with van der Waals surface area (Å²) in [5, 5.41) is 1.22. The third kappa shape index (κ3) is 3.96. The van der Waals surface area contributed by atoms with Gasteiger partial charge in [-0.1, -0.05) is 30.3 Å². The van der Waals surface area contributed by atoms with E-state index in [-0.39, 0.29) is 31.0 Å². The van der Waals surface area contributed by atoms with Gasteiger partial charge in [-0.15, -0.1) is 24.8 Å². The monoisotopic (exact) mass is 297 g/mol. The number of benzene rings is 1. The quantitative estimate of drug-likeness (QED) is 0.746. The highest BCUT2D eigenvalue weighted by molar-refractivity contribution is 5.85. The predicted molar refractivity (Wildman–Crippen MR) is 84.9 cm³/mol. The maximum Gasteiger partial charge on any atom is 0.0642 e. The van der Waals surface area contributed by atoms with Crippen LogP contribution in [0, 0.1) is 0 Å². The summed E-state index contributed by atoms with van der Waals surface area (Å²) in [6.45, 7) is 0. The Balaban J connectivity index is 0.00000108. The van der Waals surface area contributed by atoms with Crippen molar-refractivity contribution >= 4 is 35.7 Å². The van der Waals surface area contributed by atoms with E-state index in [9.17, 15) is 0 Å². The van der Waals surface area contributed by atoms with Crippen LogP contribution >= 0.6 is 24.8 Å². The molecule has 3 nitrogen and oxygen atoms in total. The van der Waals surface area contributed by atoms with E-state index in [2.05, 4.69) is 40.3 Å². The molecule has 0 bridgehead atoms. The smallest absolute Gasteiger partial charge is 0.0642 e. The first kappa shape index (κ1) is 17.4. The minimum Gasteiger partial charge on any atom is -0.357 e. The van der Waals surface area contributed by atoms with Crippen molar-refractivity contribution in [2.75, 3.05) is 0 Å². The van der Waals surface area contributed by atoms with Crippen molar-refractivity contribution in [1.29, 1.82) is 0 Å². The molecule has 0 saturated heterocycles. The molecule has 0 unspecified atom stereocenters. The summed E-state index contributed by atoms with van der Waals surface area (Å²) in [7, 11) is 0. The van der Waals surface area contributed by atoms with E-state index in [4.69, 9.17) is 0 Å². The molecular weight excluding hydrogens is 281 g/mol. The van der Waals surface area contributed by atoms with Crippen LogP contribution in [0.4, 0.5) is 0 Å². The van der Waals surface area contributed by atoms with Gasteiger partial charge in [-0.3, -0.25) is 4.98 Å². The molecule has 0 radical (unpaired) electrons. The van der Waals surface area contributed by atoms with Gasteiger partial charge in [0.25, 0.3) is 0 Å². The second-order valence-corrected chi connectivity index (χ2v) is 3.92. The normalized spacial score (nSPS) is 9.05. The average molecular weight is 298 g/mol. The summed E-state index contributed by atoms with van der Waals surface area (Å²) in [6.07, 6.45) is 4.63. The summed E-state index contributed by atoms with van der Waals surface area (Å²) < 4.78 is 0. The lowest BCUT2D eigenvalue weighted by atomic mass is 10.1. The van der Waals surface area contributed by atoms with Crippen LogP contribution in [0.1, 0.15) is 11.3 Å². The second kappa shape index (κ2) is 7.79. The molecule has 3 aromatic rings. The zero-order valence-electron chi connectivity index (χ0n) is 10.4. The first-order chi connectivity index (χ1) is 7.92. The molecule has 1 aromatic carbocycles. The van der Waals surface area contributed by atoms with Crippen LogP contribution in [0.3, 0.4) is 0 Å². The molecule has 102 valence electrons. The highest BCUT2D eigenvalue weighted by Crippen LogP contribution is 2.16. The minimum absolute atomic E-state index is 0. The number of nitrogens with zero attached hydrogens (tertiary/aromatic N) is 1. The number of aromatic nitrogens is 2. The number of aromatic amines is 1. The van der Waals surface area contributed by atoms with Crippen LogP contribution in [-0.2, 0) is 6.42 Å². The first-order valence-electron chi connectivity index (χ1n) is 5.37. The standard InChI is InChI=1S/C14H12N2.2ClH.H3N/c1-2-4-11(5-3-1)8-13-9-12-6-7-15-10-14(12)16-13;;;/h1-7,9-10,16H,8H2;2*1H;1H3. The molecule has 0 aliphatic rings. The maximum atomic E-state index is 4.10. The van der Waals surface area contributed by atoms with Crippen LogP contribution in [0.15, 0.2) is 54.9 Å². The maximum absolute atomic E-state index is 4.10. The molecule has 0 amide bonds. The molecule has 0 fully saturated rings. The lowest BCUT2D eigenvalue weighted by Crippen LogP contribution is -1.86. The molecule has 3 rings (SSSR count). The zero-order valence-corrected chi connectivity index (χ0v) is 12.0. The summed E-state index contributed by atoms with van der Waals surface area (Å²) in [4.78, 5) is 7.48.